The summed E-state index contributed by atoms with van der Waals surface area (Å²) in [5, 5.41) is 10.6. The normalized spacial score (nSPS) is 15.7. The summed E-state index contributed by atoms with van der Waals surface area (Å²) in [7, 11) is 1.66. The number of piperidine rings is 1. The molecule has 0 spiro atoms. The van der Waals surface area contributed by atoms with Gasteiger partial charge in [0.1, 0.15) is 23.2 Å². The summed E-state index contributed by atoms with van der Waals surface area (Å²) in [6.07, 6.45) is 7.40. The number of carbonyl (C=O) groups excluding carboxylic acids is 1. The van der Waals surface area contributed by atoms with Crippen LogP contribution in [-0.4, -0.2) is 41.9 Å². The van der Waals surface area contributed by atoms with Gasteiger partial charge in [-0.25, -0.2) is 4.79 Å². The summed E-state index contributed by atoms with van der Waals surface area (Å²) >= 11 is 0. The first-order chi connectivity index (χ1) is 13.8. The Morgan fingerprint density at radius 2 is 1.97 bits per heavy atom. The molecule has 3 rings (SSSR count). The molecule has 0 bridgehead atoms. The molecular weight excluding hydrogens is 370 g/mol. The second-order valence-electron chi connectivity index (χ2n) is 8.90. The van der Waals surface area contributed by atoms with Crippen molar-refractivity contribution in [1.82, 2.24) is 4.90 Å². The van der Waals surface area contributed by atoms with E-state index < -0.39 is 5.60 Å². The minimum Gasteiger partial charge on any atom is -0.504 e. The van der Waals surface area contributed by atoms with Crippen molar-refractivity contribution in [3.05, 3.63) is 24.0 Å². The minimum atomic E-state index is -0.442. The third-order valence-corrected chi connectivity index (χ3v) is 5.56. The lowest BCUT2D eigenvalue weighted by Gasteiger charge is -2.33. The number of amides is 1. The number of unbranched alkanes of at least 4 members (excludes halogenated alkanes) is 1. The fourth-order valence-corrected chi connectivity index (χ4v) is 4.02. The van der Waals surface area contributed by atoms with Crippen LogP contribution >= 0.6 is 0 Å². The summed E-state index contributed by atoms with van der Waals surface area (Å²) < 4.78 is 16.5. The Bertz CT molecular complexity index is 828. The number of likely N-dealkylation sites (tertiary alicyclic amines) is 1. The number of aryl methyl sites for hydroxylation is 1. The van der Waals surface area contributed by atoms with Crippen molar-refractivity contribution in [2.45, 2.75) is 64.9 Å². The number of methoxy groups -OCH3 is 1. The van der Waals surface area contributed by atoms with E-state index in [4.69, 9.17) is 13.9 Å². The van der Waals surface area contributed by atoms with Gasteiger partial charge in [0, 0.05) is 18.7 Å². The largest absolute Gasteiger partial charge is 0.504 e. The molecule has 1 fully saturated rings. The maximum atomic E-state index is 12.2. The maximum absolute atomic E-state index is 12.2. The lowest BCUT2D eigenvalue weighted by Crippen LogP contribution is -2.41. The summed E-state index contributed by atoms with van der Waals surface area (Å²) in [5.41, 5.74) is 1.29. The van der Waals surface area contributed by atoms with E-state index in [0.717, 1.165) is 68.3 Å². The van der Waals surface area contributed by atoms with Crippen LogP contribution in [-0.2, 0) is 11.2 Å². The summed E-state index contributed by atoms with van der Waals surface area (Å²) in [6.45, 7) is 7.25. The van der Waals surface area contributed by atoms with Gasteiger partial charge < -0.3 is 23.9 Å². The van der Waals surface area contributed by atoms with Crippen LogP contribution < -0.4 is 4.74 Å². The zero-order valence-electron chi connectivity index (χ0n) is 18.0. The van der Waals surface area contributed by atoms with Crippen LogP contribution in [0.1, 0.15) is 58.4 Å². The number of furan rings is 1. The molecule has 1 aromatic carbocycles. The number of benzene rings is 1. The van der Waals surface area contributed by atoms with Gasteiger partial charge in [0.2, 0.25) is 0 Å². The van der Waals surface area contributed by atoms with Gasteiger partial charge in [-0.05, 0) is 64.5 Å². The molecule has 1 aliphatic heterocycles. The highest BCUT2D eigenvalue weighted by atomic mass is 16.6. The standard InChI is InChI=1S/C23H33NO5/c1-23(2,3)29-22(26)24-13-11-16(12-14-24)7-5-6-8-18-20(27-4)10-9-17-19(25)15-28-21(17)18/h9-10,15-16,25H,5-8,11-14H2,1-4H3. The van der Waals surface area contributed by atoms with E-state index in [0.29, 0.717) is 11.5 Å². The highest BCUT2D eigenvalue weighted by molar-refractivity contribution is 5.88. The zero-order chi connectivity index (χ0) is 21.0. The topological polar surface area (TPSA) is 72.1 Å². The molecule has 0 saturated carbocycles. The highest BCUT2D eigenvalue weighted by Crippen LogP contribution is 2.35. The van der Waals surface area contributed by atoms with Gasteiger partial charge in [-0.15, -0.1) is 0 Å². The van der Waals surface area contributed by atoms with Crippen LogP contribution in [0.5, 0.6) is 11.5 Å². The monoisotopic (exact) mass is 403 g/mol. The molecule has 1 aromatic heterocycles. The quantitative estimate of drug-likeness (QED) is 0.644. The van der Waals surface area contributed by atoms with Crippen molar-refractivity contribution < 1.29 is 23.8 Å². The Kier molecular flexibility index (Phi) is 6.60. The fourth-order valence-electron chi connectivity index (χ4n) is 4.02. The molecule has 0 radical (unpaired) electrons. The Morgan fingerprint density at radius 3 is 2.62 bits per heavy atom. The molecule has 1 aliphatic rings. The van der Waals surface area contributed by atoms with E-state index in [9.17, 15) is 9.90 Å². The van der Waals surface area contributed by atoms with Crippen LogP contribution in [0, 0.1) is 5.92 Å². The van der Waals surface area contributed by atoms with Gasteiger partial charge in [0.05, 0.1) is 12.5 Å². The molecule has 160 valence electrons. The summed E-state index contributed by atoms with van der Waals surface area (Å²) in [4.78, 5) is 14.0. The maximum Gasteiger partial charge on any atom is 0.410 e. The molecule has 6 heteroatoms. The average molecular weight is 404 g/mol. The fraction of sp³-hybridized carbons (Fsp3) is 0.609. The Hall–Kier alpha value is -2.37. The zero-order valence-corrected chi connectivity index (χ0v) is 18.0. The van der Waals surface area contributed by atoms with Crippen LogP contribution in [0.4, 0.5) is 4.79 Å². The molecule has 0 atom stereocenters. The number of fused-ring (bicyclic) bond motifs is 1. The molecule has 2 heterocycles. The van der Waals surface area contributed by atoms with Crippen molar-refractivity contribution in [2.75, 3.05) is 20.2 Å². The number of aromatic hydroxyl groups is 1. The van der Waals surface area contributed by atoms with Crippen molar-refractivity contribution in [2.24, 2.45) is 5.92 Å². The average Bonchev–Trinajstić information content (AvgIpc) is 3.05. The second kappa shape index (κ2) is 8.97. The minimum absolute atomic E-state index is 0.167. The molecular formula is C23H33NO5. The van der Waals surface area contributed by atoms with Gasteiger partial charge in [0.25, 0.3) is 0 Å². The third kappa shape index (κ3) is 5.37. The molecule has 1 amide bonds. The van der Waals surface area contributed by atoms with Crippen LogP contribution in [0.3, 0.4) is 0 Å². The third-order valence-electron chi connectivity index (χ3n) is 5.56. The summed E-state index contributed by atoms with van der Waals surface area (Å²) in [5.74, 6) is 1.62. The first-order valence-corrected chi connectivity index (χ1v) is 10.5. The van der Waals surface area contributed by atoms with Crippen molar-refractivity contribution in [3.8, 4) is 11.5 Å². The van der Waals surface area contributed by atoms with E-state index in [2.05, 4.69) is 0 Å². The second-order valence-corrected chi connectivity index (χ2v) is 8.90. The van der Waals surface area contributed by atoms with Gasteiger partial charge >= 0.3 is 6.09 Å². The molecule has 2 aromatic rings. The Labute approximate surface area is 172 Å². The Balaban J connectivity index is 1.45. The number of carbonyl (C=O) groups is 1. The van der Waals surface area contributed by atoms with Crippen LogP contribution in [0.15, 0.2) is 22.8 Å². The first-order valence-electron chi connectivity index (χ1n) is 10.5. The smallest absolute Gasteiger partial charge is 0.410 e. The predicted octanol–water partition coefficient (Wildman–Crippen LogP) is 5.51. The van der Waals surface area contributed by atoms with Crippen LogP contribution in [0.25, 0.3) is 11.0 Å². The lowest BCUT2D eigenvalue weighted by atomic mass is 9.91. The van der Waals surface area contributed by atoms with E-state index in [1.807, 2.05) is 37.8 Å². The molecule has 0 unspecified atom stereocenters. The van der Waals surface area contributed by atoms with Gasteiger partial charge in [-0.3, -0.25) is 0 Å². The SMILES string of the molecule is COc1ccc2c(O)coc2c1CCCCC1CCN(C(=O)OC(C)(C)C)CC1. The molecule has 29 heavy (non-hydrogen) atoms. The Morgan fingerprint density at radius 1 is 1.24 bits per heavy atom. The summed E-state index contributed by atoms with van der Waals surface area (Å²) in [6, 6.07) is 3.72. The van der Waals surface area contributed by atoms with Crippen molar-refractivity contribution >= 4 is 17.1 Å². The van der Waals surface area contributed by atoms with E-state index >= 15 is 0 Å². The van der Waals surface area contributed by atoms with Crippen molar-refractivity contribution in [1.29, 1.82) is 0 Å². The van der Waals surface area contributed by atoms with Crippen molar-refractivity contribution in [3.63, 3.8) is 0 Å². The number of rotatable bonds is 6. The lowest BCUT2D eigenvalue weighted by molar-refractivity contribution is 0.0180. The van der Waals surface area contributed by atoms with E-state index in [1.54, 1.807) is 7.11 Å². The molecule has 6 nitrogen and oxygen atoms in total. The van der Waals surface area contributed by atoms with E-state index in [1.165, 1.54) is 6.26 Å². The van der Waals surface area contributed by atoms with Gasteiger partial charge in [-0.1, -0.05) is 12.8 Å². The number of hydrogen-bond acceptors (Lipinski definition) is 5. The number of nitrogens with zero attached hydrogens (tertiary/aromatic N) is 1. The van der Waals surface area contributed by atoms with Gasteiger partial charge in [-0.2, -0.15) is 0 Å². The van der Waals surface area contributed by atoms with E-state index in [-0.39, 0.29) is 11.8 Å². The first kappa shape index (κ1) is 21.3. The predicted molar refractivity (Wildman–Crippen MR) is 113 cm³/mol. The molecule has 1 N–H and O–H groups in total. The van der Waals surface area contributed by atoms with Crippen LogP contribution in [0.2, 0.25) is 0 Å². The number of hydrogen-bond donors (Lipinski definition) is 1. The molecule has 0 aliphatic carbocycles. The number of ether oxygens (including phenoxy) is 2. The molecule has 1 saturated heterocycles. The highest BCUT2D eigenvalue weighted by Gasteiger charge is 2.26. The van der Waals surface area contributed by atoms with Gasteiger partial charge in [0.15, 0.2) is 5.75 Å².